The molecule has 0 aliphatic carbocycles. The van der Waals surface area contributed by atoms with Crippen molar-refractivity contribution in [2.75, 3.05) is 0 Å². The lowest BCUT2D eigenvalue weighted by atomic mass is 10.6. The summed E-state index contributed by atoms with van der Waals surface area (Å²) in [6, 6.07) is 3.90. The Bertz CT molecular complexity index is 177. The molecule has 0 unspecified atom stereocenters. The third-order valence-corrected chi connectivity index (χ3v) is 1.57. The third kappa shape index (κ3) is 1.90. The predicted molar refractivity (Wildman–Crippen MR) is 39.8 cm³/mol. The molecule has 0 aliphatic rings. The minimum atomic E-state index is 0.938. The molecule has 1 aromatic heterocycles. The van der Waals surface area contributed by atoms with Gasteiger partial charge in [-0.3, -0.25) is 0 Å². The summed E-state index contributed by atoms with van der Waals surface area (Å²) < 4.78 is 5.13. The average Bonchev–Trinajstić information content (AvgIpc) is 2.34. The van der Waals surface area contributed by atoms with Gasteiger partial charge in [0, 0.05) is 0 Å². The second-order valence-corrected chi connectivity index (χ2v) is 2.43. The van der Waals surface area contributed by atoms with Crippen LogP contribution in [0.4, 0.5) is 0 Å². The van der Waals surface area contributed by atoms with Crippen LogP contribution in [0.3, 0.4) is 0 Å². The first-order chi connectivity index (χ1) is 4.43. The lowest BCUT2D eigenvalue weighted by Crippen LogP contribution is -1.73. The second kappa shape index (κ2) is 3.30. The van der Waals surface area contributed by atoms with E-state index in [0.29, 0.717) is 0 Å². The zero-order valence-electron chi connectivity index (χ0n) is 5.20. The summed E-state index contributed by atoms with van der Waals surface area (Å²) in [6.07, 6.45) is 3.53. The number of ether oxygens (including phenoxy) is 1. The molecule has 0 bridgehead atoms. The quantitative estimate of drug-likeness (QED) is 0.574. The van der Waals surface area contributed by atoms with E-state index in [0.717, 1.165) is 5.06 Å². The fourth-order valence-corrected chi connectivity index (χ4v) is 1.03. The zero-order chi connectivity index (χ0) is 6.53. The highest BCUT2D eigenvalue weighted by molar-refractivity contribution is 7.11. The summed E-state index contributed by atoms with van der Waals surface area (Å²) in [7, 11) is 0. The van der Waals surface area contributed by atoms with Gasteiger partial charge in [0.05, 0.1) is 6.26 Å². The van der Waals surface area contributed by atoms with Gasteiger partial charge >= 0.3 is 0 Å². The van der Waals surface area contributed by atoms with Gasteiger partial charge in [0.1, 0.15) is 0 Å². The Morgan fingerprint density at radius 2 is 2.56 bits per heavy atom. The van der Waals surface area contributed by atoms with Crippen molar-refractivity contribution in [3.8, 4) is 5.06 Å². The third-order valence-electron chi connectivity index (χ3n) is 0.815. The maximum Gasteiger partial charge on any atom is 0.179 e. The second-order valence-electron chi connectivity index (χ2n) is 1.52. The maximum absolute atomic E-state index is 5.13. The summed E-state index contributed by atoms with van der Waals surface area (Å²) >= 11 is 1.59. The Hall–Kier alpha value is -0.760. The van der Waals surface area contributed by atoms with Crippen molar-refractivity contribution in [3.05, 3.63) is 29.9 Å². The van der Waals surface area contributed by atoms with E-state index < -0.39 is 0 Å². The molecule has 0 saturated carbocycles. The van der Waals surface area contributed by atoms with E-state index >= 15 is 0 Å². The van der Waals surface area contributed by atoms with Crippen LogP contribution in [0.2, 0.25) is 0 Å². The smallest absolute Gasteiger partial charge is 0.179 e. The molecule has 1 rings (SSSR count). The van der Waals surface area contributed by atoms with Gasteiger partial charge in [0.15, 0.2) is 5.06 Å². The lowest BCUT2D eigenvalue weighted by Gasteiger charge is -1.89. The molecule has 0 radical (unpaired) electrons. The van der Waals surface area contributed by atoms with Gasteiger partial charge in [-0.1, -0.05) is 6.08 Å². The molecule has 2 heteroatoms. The number of rotatable bonds is 2. The van der Waals surface area contributed by atoms with Gasteiger partial charge in [-0.15, -0.1) is 11.3 Å². The maximum atomic E-state index is 5.13. The van der Waals surface area contributed by atoms with Gasteiger partial charge in [0.25, 0.3) is 0 Å². The highest BCUT2D eigenvalue weighted by atomic mass is 32.1. The SMILES string of the molecule is CC=COc1cccs1. The Labute approximate surface area is 58.6 Å². The Morgan fingerprint density at radius 1 is 1.67 bits per heavy atom. The number of allylic oxidation sites excluding steroid dienone is 1. The zero-order valence-corrected chi connectivity index (χ0v) is 6.02. The van der Waals surface area contributed by atoms with Crippen molar-refractivity contribution in [1.29, 1.82) is 0 Å². The molecule has 0 amide bonds. The van der Waals surface area contributed by atoms with Crippen LogP contribution in [0.5, 0.6) is 5.06 Å². The van der Waals surface area contributed by atoms with Crippen molar-refractivity contribution in [3.63, 3.8) is 0 Å². The minimum Gasteiger partial charge on any atom is -0.455 e. The Balaban J connectivity index is 2.48. The summed E-state index contributed by atoms with van der Waals surface area (Å²) in [6.45, 7) is 1.92. The van der Waals surface area contributed by atoms with Gasteiger partial charge in [0.2, 0.25) is 0 Å². The summed E-state index contributed by atoms with van der Waals surface area (Å²) in [5, 5.41) is 2.92. The van der Waals surface area contributed by atoms with Crippen molar-refractivity contribution < 1.29 is 4.74 Å². The Kier molecular flexibility index (Phi) is 2.33. The van der Waals surface area contributed by atoms with E-state index in [1.165, 1.54) is 0 Å². The number of thiophene rings is 1. The molecule has 1 aromatic rings. The van der Waals surface area contributed by atoms with Gasteiger partial charge < -0.3 is 4.74 Å². The molecule has 0 aliphatic heterocycles. The van der Waals surface area contributed by atoms with Crippen molar-refractivity contribution >= 4 is 11.3 Å². The van der Waals surface area contributed by atoms with E-state index in [2.05, 4.69) is 0 Å². The first kappa shape index (κ1) is 6.36. The molecule has 0 saturated heterocycles. The number of hydrogen-bond donors (Lipinski definition) is 0. The van der Waals surface area contributed by atoms with E-state index in [1.54, 1.807) is 17.6 Å². The van der Waals surface area contributed by atoms with Crippen LogP contribution in [0.25, 0.3) is 0 Å². The van der Waals surface area contributed by atoms with Gasteiger partial charge in [-0.05, 0) is 24.4 Å². The monoisotopic (exact) mass is 140 g/mol. The van der Waals surface area contributed by atoms with E-state index in [9.17, 15) is 0 Å². The van der Waals surface area contributed by atoms with Crippen LogP contribution in [0, 0.1) is 0 Å². The summed E-state index contributed by atoms with van der Waals surface area (Å²) in [4.78, 5) is 0. The van der Waals surface area contributed by atoms with Crippen molar-refractivity contribution in [2.24, 2.45) is 0 Å². The fourth-order valence-electron chi connectivity index (χ4n) is 0.466. The van der Waals surface area contributed by atoms with Crippen LogP contribution in [0.1, 0.15) is 6.92 Å². The molecule has 1 nitrogen and oxygen atoms in total. The normalized spacial score (nSPS) is 10.3. The minimum absolute atomic E-state index is 0.938. The summed E-state index contributed by atoms with van der Waals surface area (Å²) in [5.41, 5.74) is 0. The molecule has 0 N–H and O–H groups in total. The fraction of sp³-hybridized carbons (Fsp3) is 0.143. The van der Waals surface area contributed by atoms with Crippen LogP contribution in [-0.2, 0) is 0 Å². The lowest BCUT2D eigenvalue weighted by molar-refractivity contribution is 0.494. The van der Waals surface area contributed by atoms with Crippen LogP contribution < -0.4 is 4.74 Å². The molecule has 0 aromatic carbocycles. The van der Waals surface area contributed by atoms with Crippen LogP contribution in [-0.4, -0.2) is 0 Å². The first-order valence-corrected chi connectivity index (χ1v) is 3.63. The highest BCUT2D eigenvalue weighted by Crippen LogP contribution is 2.17. The largest absolute Gasteiger partial charge is 0.455 e. The molecule has 0 fully saturated rings. The molecule has 9 heavy (non-hydrogen) atoms. The van der Waals surface area contributed by atoms with Crippen molar-refractivity contribution in [1.82, 2.24) is 0 Å². The topological polar surface area (TPSA) is 9.23 Å². The van der Waals surface area contributed by atoms with Crippen LogP contribution >= 0.6 is 11.3 Å². The number of hydrogen-bond acceptors (Lipinski definition) is 2. The molecule has 0 spiro atoms. The molecular formula is C7H8OS. The van der Waals surface area contributed by atoms with Crippen LogP contribution in [0.15, 0.2) is 29.9 Å². The first-order valence-electron chi connectivity index (χ1n) is 2.75. The summed E-state index contributed by atoms with van der Waals surface area (Å²) in [5.74, 6) is 0. The van der Waals surface area contributed by atoms with Gasteiger partial charge in [-0.25, -0.2) is 0 Å². The Morgan fingerprint density at radius 3 is 3.11 bits per heavy atom. The van der Waals surface area contributed by atoms with Gasteiger partial charge in [-0.2, -0.15) is 0 Å². The molecule has 48 valence electrons. The highest BCUT2D eigenvalue weighted by Gasteiger charge is 1.86. The average molecular weight is 140 g/mol. The molecule has 0 atom stereocenters. The molecule has 1 heterocycles. The van der Waals surface area contributed by atoms with E-state index in [1.807, 2.05) is 30.5 Å². The molecular weight excluding hydrogens is 132 g/mol. The van der Waals surface area contributed by atoms with E-state index in [4.69, 9.17) is 4.74 Å². The predicted octanol–water partition coefficient (Wildman–Crippen LogP) is 2.66. The van der Waals surface area contributed by atoms with Crippen molar-refractivity contribution in [2.45, 2.75) is 6.92 Å². The van der Waals surface area contributed by atoms with E-state index in [-0.39, 0.29) is 0 Å². The standard InChI is InChI=1S/C7H8OS/c1-2-5-8-7-4-3-6-9-7/h2-6H,1H3.